The van der Waals surface area contributed by atoms with Crippen molar-refractivity contribution in [2.75, 3.05) is 37.7 Å². The van der Waals surface area contributed by atoms with Gasteiger partial charge in [-0.15, -0.1) is 0 Å². The number of benzene rings is 1. The predicted octanol–water partition coefficient (Wildman–Crippen LogP) is 3.34. The first-order valence-corrected chi connectivity index (χ1v) is 10.6. The van der Waals surface area contributed by atoms with Gasteiger partial charge >= 0.3 is 0 Å². The highest BCUT2D eigenvalue weighted by atomic mass is 32.2. The standard InChI is InChI=1S/C19H27N3O3S/c1-15-6-7-16(12-18(15)22(24)25)19(23)21-10-5-11-26-14-17(21)13-20-8-3-2-4-9-20/h6-7,12,17H,2-5,8-11,13-14H2,1H3. The van der Waals surface area contributed by atoms with E-state index in [1.165, 1.54) is 25.3 Å². The SMILES string of the molecule is Cc1ccc(C(=O)N2CCCSCC2CN2CCCCC2)cc1[N+](=O)[O-]. The number of rotatable bonds is 4. The molecule has 1 aromatic carbocycles. The number of nitrogens with zero attached hydrogens (tertiary/aromatic N) is 3. The number of carbonyl (C=O) groups is 1. The van der Waals surface area contributed by atoms with Crippen LogP contribution in [0.1, 0.15) is 41.6 Å². The Balaban J connectivity index is 1.79. The molecule has 2 aliphatic heterocycles. The molecule has 1 amide bonds. The molecule has 2 fully saturated rings. The number of carbonyl (C=O) groups excluding carboxylic acids is 1. The van der Waals surface area contributed by atoms with Gasteiger partial charge in [0.2, 0.25) is 0 Å². The Hall–Kier alpha value is -1.60. The fraction of sp³-hybridized carbons (Fsp3) is 0.632. The lowest BCUT2D eigenvalue weighted by atomic mass is 10.1. The summed E-state index contributed by atoms with van der Waals surface area (Å²) in [6.45, 7) is 5.56. The Kier molecular flexibility index (Phi) is 6.53. The molecule has 142 valence electrons. The lowest BCUT2D eigenvalue weighted by Crippen LogP contribution is -2.49. The van der Waals surface area contributed by atoms with Gasteiger partial charge in [-0.25, -0.2) is 0 Å². The van der Waals surface area contributed by atoms with Crippen molar-refractivity contribution >= 4 is 23.4 Å². The number of hydrogen-bond acceptors (Lipinski definition) is 5. The summed E-state index contributed by atoms with van der Waals surface area (Å²) in [5.74, 6) is 1.93. The van der Waals surface area contributed by atoms with E-state index < -0.39 is 4.92 Å². The summed E-state index contributed by atoms with van der Waals surface area (Å²) >= 11 is 1.91. The Morgan fingerprint density at radius 2 is 2.00 bits per heavy atom. The Labute approximate surface area is 159 Å². The van der Waals surface area contributed by atoms with E-state index in [1.54, 1.807) is 19.1 Å². The van der Waals surface area contributed by atoms with Crippen molar-refractivity contribution in [1.29, 1.82) is 0 Å². The summed E-state index contributed by atoms with van der Waals surface area (Å²) in [6, 6.07) is 5.01. The highest BCUT2D eigenvalue weighted by molar-refractivity contribution is 7.99. The first-order chi connectivity index (χ1) is 12.6. The lowest BCUT2D eigenvalue weighted by Gasteiger charge is -2.35. The van der Waals surface area contributed by atoms with E-state index >= 15 is 0 Å². The first-order valence-electron chi connectivity index (χ1n) is 9.42. The summed E-state index contributed by atoms with van der Waals surface area (Å²) in [4.78, 5) is 28.4. The normalized spacial score (nSPS) is 22.0. The molecule has 0 radical (unpaired) electrons. The third-order valence-corrected chi connectivity index (χ3v) is 6.47. The van der Waals surface area contributed by atoms with Crippen LogP contribution in [0.15, 0.2) is 18.2 Å². The molecule has 1 aromatic rings. The van der Waals surface area contributed by atoms with E-state index in [0.717, 1.165) is 44.1 Å². The van der Waals surface area contributed by atoms with Gasteiger partial charge in [-0.3, -0.25) is 14.9 Å². The summed E-state index contributed by atoms with van der Waals surface area (Å²) in [6.07, 6.45) is 4.74. The van der Waals surface area contributed by atoms with E-state index in [0.29, 0.717) is 11.1 Å². The average molecular weight is 378 g/mol. The molecule has 0 bridgehead atoms. The van der Waals surface area contributed by atoms with E-state index in [9.17, 15) is 14.9 Å². The van der Waals surface area contributed by atoms with Crippen LogP contribution in [0, 0.1) is 17.0 Å². The zero-order chi connectivity index (χ0) is 18.5. The van der Waals surface area contributed by atoms with Crippen LogP contribution in [0.5, 0.6) is 0 Å². The van der Waals surface area contributed by atoms with Crippen molar-refractivity contribution in [2.24, 2.45) is 0 Å². The number of nitro groups is 1. The molecular weight excluding hydrogens is 350 g/mol. The van der Waals surface area contributed by atoms with Gasteiger partial charge in [0, 0.05) is 36.0 Å². The zero-order valence-electron chi connectivity index (χ0n) is 15.4. The molecule has 6 nitrogen and oxygen atoms in total. The molecular formula is C19H27N3O3S. The van der Waals surface area contributed by atoms with E-state index in [2.05, 4.69) is 4.90 Å². The Morgan fingerprint density at radius 1 is 1.23 bits per heavy atom. The molecule has 26 heavy (non-hydrogen) atoms. The largest absolute Gasteiger partial charge is 0.334 e. The van der Waals surface area contributed by atoms with Gasteiger partial charge in [-0.1, -0.05) is 12.5 Å². The van der Waals surface area contributed by atoms with Crippen LogP contribution in [0.25, 0.3) is 0 Å². The van der Waals surface area contributed by atoms with Gasteiger partial charge in [0.15, 0.2) is 0 Å². The molecule has 1 atom stereocenters. The third kappa shape index (κ3) is 4.57. The van der Waals surface area contributed by atoms with Crippen molar-refractivity contribution in [3.63, 3.8) is 0 Å². The van der Waals surface area contributed by atoms with E-state index in [1.807, 2.05) is 16.7 Å². The quantitative estimate of drug-likeness (QED) is 0.595. The minimum absolute atomic E-state index is 0.0210. The number of amides is 1. The third-order valence-electron chi connectivity index (χ3n) is 5.27. The Bertz CT molecular complexity index is 661. The molecule has 2 saturated heterocycles. The van der Waals surface area contributed by atoms with Crippen LogP contribution >= 0.6 is 11.8 Å². The van der Waals surface area contributed by atoms with Gasteiger partial charge < -0.3 is 9.80 Å². The van der Waals surface area contributed by atoms with Gasteiger partial charge in [0.1, 0.15) is 0 Å². The maximum atomic E-state index is 13.2. The number of thioether (sulfide) groups is 1. The second-order valence-corrected chi connectivity index (χ2v) is 8.35. The minimum Gasteiger partial charge on any atom is -0.334 e. The highest BCUT2D eigenvalue weighted by Crippen LogP contribution is 2.24. The second-order valence-electron chi connectivity index (χ2n) is 7.20. The van der Waals surface area contributed by atoms with Crippen molar-refractivity contribution in [3.8, 4) is 0 Å². The molecule has 0 aromatic heterocycles. The first kappa shape index (κ1) is 19.2. The molecule has 0 saturated carbocycles. The maximum Gasteiger partial charge on any atom is 0.273 e. The summed E-state index contributed by atoms with van der Waals surface area (Å²) in [5, 5.41) is 11.2. The Morgan fingerprint density at radius 3 is 2.73 bits per heavy atom. The highest BCUT2D eigenvalue weighted by Gasteiger charge is 2.29. The van der Waals surface area contributed by atoms with Crippen LogP contribution in [-0.4, -0.2) is 64.4 Å². The number of likely N-dealkylation sites (tertiary alicyclic amines) is 1. The minimum atomic E-state index is -0.407. The smallest absolute Gasteiger partial charge is 0.273 e. The monoisotopic (exact) mass is 377 g/mol. The second kappa shape index (κ2) is 8.86. The van der Waals surface area contributed by atoms with Crippen molar-refractivity contribution in [1.82, 2.24) is 9.80 Å². The number of nitro benzene ring substituents is 1. The van der Waals surface area contributed by atoms with Crippen LogP contribution in [0.2, 0.25) is 0 Å². The zero-order valence-corrected chi connectivity index (χ0v) is 16.2. The number of aryl methyl sites for hydroxylation is 1. The van der Waals surface area contributed by atoms with Crippen molar-refractivity contribution in [2.45, 2.75) is 38.6 Å². The van der Waals surface area contributed by atoms with Gasteiger partial charge in [-0.2, -0.15) is 11.8 Å². The van der Waals surface area contributed by atoms with Gasteiger partial charge in [0.05, 0.1) is 11.0 Å². The van der Waals surface area contributed by atoms with Crippen LogP contribution in [0.4, 0.5) is 5.69 Å². The fourth-order valence-electron chi connectivity index (χ4n) is 3.79. The molecule has 0 aliphatic carbocycles. The molecule has 2 heterocycles. The van der Waals surface area contributed by atoms with Crippen molar-refractivity contribution < 1.29 is 9.72 Å². The van der Waals surface area contributed by atoms with Gasteiger partial charge in [0.25, 0.3) is 11.6 Å². The van der Waals surface area contributed by atoms with Crippen LogP contribution < -0.4 is 0 Å². The fourth-order valence-corrected chi connectivity index (χ4v) is 4.85. The average Bonchev–Trinajstić information content (AvgIpc) is 2.87. The molecule has 0 N–H and O–H groups in total. The summed E-state index contributed by atoms with van der Waals surface area (Å²) in [5.41, 5.74) is 1.04. The molecule has 0 spiro atoms. The van der Waals surface area contributed by atoms with Crippen LogP contribution in [0.3, 0.4) is 0 Å². The van der Waals surface area contributed by atoms with E-state index in [4.69, 9.17) is 0 Å². The van der Waals surface area contributed by atoms with Gasteiger partial charge in [-0.05, 0) is 51.1 Å². The van der Waals surface area contributed by atoms with Crippen LogP contribution in [-0.2, 0) is 0 Å². The lowest BCUT2D eigenvalue weighted by molar-refractivity contribution is -0.385. The predicted molar refractivity (Wildman–Crippen MR) is 105 cm³/mol. The molecule has 7 heteroatoms. The number of hydrogen-bond donors (Lipinski definition) is 0. The summed E-state index contributed by atoms with van der Waals surface area (Å²) < 4.78 is 0. The topological polar surface area (TPSA) is 66.7 Å². The maximum absolute atomic E-state index is 13.2. The number of piperidine rings is 1. The van der Waals surface area contributed by atoms with Crippen molar-refractivity contribution in [3.05, 3.63) is 39.4 Å². The van der Waals surface area contributed by atoms with E-state index in [-0.39, 0.29) is 17.6 Å². The molecule has 1 unspecified atom stereocenters. The molecule has 2 aliphatic rings. The summed E-state index contributed by atoms with van der Waals surface area (Å²) in [7, 11) is 0. The molecule has 3 rings (SSSR count).